The first-order valence-electron chi connectivity index (χ1n) is 9.70. The fraction of sp³-hybridized carbons (Fsp3) is 0.333. The van der Waals surface area contributed by atoms with Crippen LogP contribution in [0, 0.1) is 5.95 Å². The number of hydrogen-bond donors (Lipinski definition) is 1. The number of halogens is 1. The predicted molar refractivity (Wildman–Crippen MR) is 113 cm³/mol. The van der Waals surface area contributed by atoms with E-state index in [1.807, 2.05) is 24.4 Å². The standard InChI is InChI=1S/C21H23FN4O2S/c1-2-29(27,28)26-9-5-18(6-10-26)25-20-12-17(15-4-8-24-21(22)13-15)11-16-3-7-23-14-19(16)20/h3-4,7-8,11-14,18,25H,2,5-6,9-10H2,1H3. The molecule has 4 rings (SSSR count). The molecular weight excluding hydrogens is 391 g/mol. The predicted octanol–water partition coefficient (Wildman–Crippen LogP) is 3.66. The molecule has 0 bridgehead atoms. The number of nitrogens with zero attached hydrogens (tertiary/aromatic N) is 3. The lowest BCUT2D eigenvalue weighted by Crippen LogP contribution is -2.42. The highest BCUT2D eigenvalue weighted by Gasteiger charge is 2.26. The average Bonchev–Trinajstić information content (AvgIpc) is 2.74. The SMILES string of the molecule is CCS(=O)(=O)N1CCC(Nc2cc(-c3ccnc(F)c3)cc3ccncc23)CC1. The number of piperidine rings is 1. The van der Waals surface area contributed by atoms with E-state index in [2.05, 4.69) is 15.3 Å². The van der Waals surface area contributed by atoms with Crippen molar-refractivity contribution in [3.05, 3.63) is 54.9 Å². The lowest BCUT2D eigenvalue weighted by molar-refractivity contribution is 0.330. The molecule has 0 amide bonds. The van der Waals surface area contributed by atoms with Crippen LogP contribution in [0.1, 0.15) is 19.8 Å². The largest absolute Gasteiger partial charge is 0.382 e. The zero-order chi connectivity index (χ0) is 20.4. The van der Waals surface area contributed by atoms with E-state index in [9.17, 15) is 12.8 Å². The number of sulfonamides is 1. The molecule has 1 N–H and O–H groups in total. The molecule has 1 aliphatic heterocycles. The Hall–Kier alpha value is -2.58. The third-order valence-corrected chi connectivity index (χ3v) is 7.27. The summed E-state index contributed by atoms with van der Waals surface area (Å²) < 4.78 is 39.4. The van der Waals surface area contributed by atoms with Gasteiger partial charge in [-0.2, -0.15) is 4.39 Å². The molecule has 1 saturated heterocycles. The Morgan fingerprint density at radius 1 is 1.14 bits per heavy atom. The molecule has 2 aromatic heterocycles. The summed E-state index contributed by atoms with van der Waals surface area (Å²) >= 11 is 0. The Balaban J connectivity index is 1.62. The van der Waals surface area contributed by atoms with Crippen molar-refractivity contribution in [3.63, 3.8) is 0 Å². The van der Waals surface area contributed by atoms with Crippen LogP contribution in [-0.4, -0.2) is 47.6 Å². The maximum Gasteiger partial charge on any atom is 0.213 e. The van der Waals surface area contributed by atoms with Crippen molar-refractivity contribution in [1.82, 2.24) is 14.3 Å². The minimum atomic E-state index is -3.14. The Bertz CT molecular complexity index is 1130. The van der Waals surface area contributed by atoms with E-state index in [-0.39, 0.29) is 11.8 Å². The summed E-state index contributed by atoms with van der Waals surface area (Å²) in [6, 6.07) is 9.29. The van der Waals surface area contributed by atoms with Gasteiger partial charge in [0.1, 0.15) is 0 Å². The van der Waals surface area contributed by atoms with Gasteiger partial charge in [-0.15, -0.1) is 0 Å². The maximum absolute atomic E-state index is 13.6. The molecule has 0 radical (unpaired) electrons. The van der Waals surface area contributed by atoms with E-state index in [0.29, 0.717) is 13.1 Å². The van der Waals surface area contributed by atoms with E-state index >= 15 is 0 Å². The van der Waals surface area contributed by atoms with Gasteiger partial charge in [0.25, 0.3) is 0 Å². The second kappa shape index (κ2) is 8.04. The first-order valence-corrected chi connectivity index (χ1v) is 11.3. The van der Waals surface area contributed by atoms with Crippen LogP contribution in [0.3, 0.4) is 0 Å². The van der Waals surface area contributed by atoms with E-state index in [4.69, 9.17) is 0 Å². The van der Waals surface area contributed by atoms with Gasteiger partial charge < -0.3 is 5.32 Å². The number of benzene rings is 1. The molecule has 1 fully saturated rings. The summed E-state index contributed by atoms with van der Waals surface area (Å²) in [6.45, 7) is 2.70. The lowest BCUT2D eigenvalue weighted by Gasteiger charge is -2.32. The van der Waals surface area contributed by atoms with Gasteiger partial charge in [0.05, 0.1) is 5.75 Å². The van der Waals surface area contributed by atoms with Crippen molar-refractivity contribution >= 4 is 26.5 Å². The second-order valence-electron chi connectivity index (χ2n) is 7.21. The van der Waals surface area contributed by atoms with Crippen LogP contribution in [0.4, 0.5) is 10.1 Å². The first kappa shape index (κ1) is 19.7. The Kier molecular flexibility index (Phi) is 5.47. The Morgan fingerprint density at radius 3 is 2.66 bits per heavy atom. The average molecular weight is 415 g/mol. The molecule has 0 aliphatic carbocycles. The third kappa shape index (κ3) is 4.23. The van der Waals surface area contributed by atoms with Crippen LogP contribution in [0.15, 0.2) is 48.9 Å². The zero-order valence-electron chi connectivity index (χ0n) is 16.2. The molecule has 1 aromatic carbocycles. The van der Waals surface area contributed by atoms with Gasteiger partial charge in [-0.25, -0.2) is 17.7 Å². The van der Waals surface area contributed by atoms with Gasteiger partial charge in [0.2, 0.25) is 16.0 Å². The van der Waals surface area contributed by atoms with E-state index in [1.54, 1.807) is 23.5 Å². The highest BCUT2D eigenvalue weighted by atomic mass is 32.2. The molecule has 0 saturated carbocycles. The number of hydrogen-bond acceptors (Lipinski definition) is 5. The quantitative estimate of drug-likeness (QED) is 0.645. The summed E-state index contributed by atoms with van der Waals surface area (Å²) in [5.74, 6) is -0.386. The molecule has 8 heteroatoms. The van der Waals surface area contributed by atoms with Gasteiger partial charge in [0, 0.05) is 54.9 Å². The van der Waals surface area contributed by atoms with E-state index in [1.165, 1.54) is 12.3 Å². The van der Waals surface area contributed by atoms with E-state index in [0.717, 1.165) is 40.4 Å². The molecule has 0 atom stereocenters. The van der Waals surface area contributed by atoms with E-state index < -0.39 is 16.0 Å². The van der Waals surface area contributed by atoms with Crippen LogP contribution in [-0.2, 0) is 10.0 Å². The van der Waals surface area contributed by atoms with Crippen molar-refractivity contribution in [2.45, 2.75) is 25.8 Å². The maximum atomic E-state index is 13.6. The number of anilines is 1. The molecule has 3 heterocycles. The number of aromatic nitrogens is 2. The topological polar surface area (TPSA) is 75.2 Å². The van der Waals surface area contributed by atoms with Gasteiger partial charge in [0.15, 0.2) is 0 Å². The van der Waals surface area contributed by atoms with Crippen molar-refractivity contribution in [2.24, 2.45) is 0 Å². The third-order valence-electron chi connectivity index (χ3n) is 5.39. The molecule has 1 aliphatic rings. The molecule has 0 spiro atoms. The fourth-order valence-corrected chi connectivity index (χ4v) is 4.88. The van der Waals surface area contributed by atoms with Crippen LogP contribution < -0.4 is 5.32 Å². The highest BCUT2D eigenvalue weighted by molar-refractivity contribution is 7.89. The molecule has 152 valence electrons. The zero-order valence-corrected chi connectivity index (χ0v) is 17.0. The first-order chi connectivity index (χ1) is 14.0. The smallest absolute Gasteiger partial charge is 0.213 e. The lowest BCUT2D eigenvalue weighted by atomic mass is 10.00. The van der Waals surface area contributed by atoms with Crippen molar-refractivity contribution < 1.29 is 12.8 Å². The molecule has 3 aromatic rings. The Labute approximate surface area is 169 Å². The monoisotopic (exact) mass is 414 g/mol. The molecule has 0 unspecified atom stereocenters. The Morgan fingerprint density at radius 2 is 1.93 bits per heavy atom. The van der Waals surface area contributed by atoms with Crippen LogP contribution in [0.25, 0.3) is 21.9 Å². The van der Waals surface area contributed by atoms with Crippen molar-refractivity contribution in [2.75, 3.05) is 24.2 Å². The summed E-state index contributed by atoms with van der Waals surface area (Å²) in [5.41, 5.74) is 2.56. The number of fused-ring (bicyclic) bond motifs is 1. The fourth-order valence-electron chi connectivity index (χ4n) is 3.75. The summed E-state index contributed by atoms with van der Waals surface area (Å²) in [7, 11) is -3.14. The second-order valence-corrected chi connectivity index (χ2v) is 9.46. The summed E-state index contributed by atoms with van der Waals surface area (Å²) in [5, 5.41) is 5.55. The van der Waals surface area contributed by atoms with Crippen LogP contribution in [0.5, 0.6) is 0 Å². The number of nitrogens with one attached hydrogen (secondary N) is 1. The summed E-state index contributed by atoms with van der Waals surface area (Å²) in [6.07, 6.45) is 6.46. The number of pyridine rings is 2. The van der Waals surface area contributed by atoms with Crippen LogP contribution in [0.2, 0.25) is 0 Å². The minimum absolute atomic E-state index is 0.131. The van der Waals surface area contributed by atoms with Crippen LogP contribution >= 0.6 is 0 Å². The van der Waals surface area contributed by atoms with Gasteiger partial charge in [-0.05, 0) is 60.5 Å². The highest BCUT2D eigenvalue weighted by Crippen LogP contribution is 2.32. The molecule has 29 heavy (non-hydrogen) atoms. The van der Waals surface area contributed by atoms with Crippen molar-refractivity contribution in [3.8, 4) is 11.1 Å². The summed E-state index contributed by atoms with van der Waals surface area (Å²) in [4.78, 5) is 7.87. The normalized spacial score (nSPS) is 16.2. The molecule has 6 nitrogen and oxygen atoms in total. The van der Waals surface area contributed by atoms with Gasteiger partial charge in [-0.3, -0.25) is 4.98 Å². The minimum Gasteiger partial charge on any atom is -0.382 e. The van der Waals surface area contributed by atoms with Crippen molar-refractivity contribution in [1.29, 1.82) is 0 Å². The molecular formula is C21H23FN4O2S. The van der Waals surface area contributed by atoms with Gasteiger partial charge >= 0.3 is 0 Å². The van der Waals surface area contributed by atoms with Gasteiger partial charge in [-0.1, -0.05) is 0 Å². The number of rotatable bonds is 5.